The van der Waals surface area contributed by atoms with Gasteiger partial charge in [0, 0.05) is 38.0 Å². The van der Waals surface area contributed by atoms with Crippen molar-refractivity contribution in [2.45, 2.75) is 19.1 Å². The Kier molecular flexibility index (Phi) is 5.00. The van der Waals surface area contributed by atoms with E-state index in [-0.39, 0.29) is 12.0 Å². The van der Waals surface area contributed by atoms with Crippen molar-refractivity contribution in [2.75, 3.05) is 27.2 Å². The highest BCUT2D eigenvalue weighted by molar-refractivity contribution is 5.94. The summed E-state index contributed by atoms with van der Waals surface area (Å²) in [6.07, 6.45) is 4.07. The summed E-state index contributed by atoms with van der Waals surface area (Å²) in [5.41, 5.74) is 1.85. The Hall–Kier alpha value is -2.85. The average Bonchev–Trinajstić information content (AvgIpc) is 3.23. The predicted octanol–water partition coefficient (Wildman–Crippen LogP) is 1.64. The van der Waals surface area contributed by atoms with Crippen molar-refractivity contribution in [1.82, 2.24) is 19.8 Å². The Morgan fingerprint density at radius 3 is 3.08 bits per heavy atom. The van der Waals surface area contributed by atoms with Gasteiger partial charge in [-0.05, 0) is 26.2 Å². The molecule has 0 spiro atoms. The maximum atomic E-state index is 12.5. The standard InChI is InChI=1S/C18H21N5O2/c1-22(2)11-15-8-16(3-5-20-15)25-17-4-6-23(12-17)18(24)13-7-14(9-19)21-10-13/h3,5,7-8,10,17,21H,4,6,11-12H2,1-2H3. The number of aromatic amines is 1. The van der Waals surface area contributed by atoms with Gasteiger partial charge in [-0.3, -0.25) is 9.78 Å². The number of pyridine rings is 1. The van der Waals surface area contributed by atoms with E-state index in [0.29, 0.717) is 24.3 Å². The minimum Gasteiger partial charge on any atom is -0.488 e. The molecule has 0 bridgehead atoms. The molecule has 7 heteroatoms. The molecule has 1 aliphatic rings. The highest BCUT2D eigenvalue weighted by atomic mass is 16.5. The molecule has 1 atom stereocenters. The number of hydrogen-bond donors (Lipinski definition) is 1. The zero-order valence-corrected chi connectivity index (χ0v) is 14.4. The monoisotopic (exact) mass is 339 g/mol. The van der Waals surface area contributed by atoms with Crippen LogP contribution >= 0.6 is 0 Å². The molecule has 1 unspecified atom stereocenters. The number of nitrogens with zero attached hydrogens (tertiary/aromatic N) is 4. The van der Waals surface area contributed by atoms with Crippen LogP contribution < -0.4 is 4.74 Å². The van der Waals surface area contributed by atoms with Crippen LogP contribution in [0.5, 0.6) is 5.75 Å². The van der Waals surface area contributed by atoms with Crippen LogP contribution in [0.3, 0.4) is 0 Å². The molecular weight excluding hydrogens is 318 g/mol. The third-order valence-corrected chi connectivity index (χ3v) is 4.05. The first-order valence-corrected chi connectivity index (χ1v) is 8.19. The summed E-state index contributed by atoms with van der Waals surface area (Å²) >= 11 is 0. The van der Waals surface area contributed by atoms with Crippen LogP contribution in [0.2, 0.25) is 0 Å². The lowest BCUT2D eigenvalue weighted by atomic mass is 10.3. The molecule has 0 saturated carbocycles. The smallest absolute Gasteiger partial charge is 0.255 e. The molecule has 3 heterocycles. The molecule has 1 amide bonds. The van der Waals surface area contributed by atoms with E-state index in [2.05, 4.69) is 14.9 Å². The van der Waals surface area contributed by atoms with Gasteiger partial charge in [0.2, 0.25) is 0 Å². The number of ether oxygens (including phenoxy) is 1. The maximum absolute atomic E-state index is 12.5. The summed E-state index contributed by atoms with van der Waals surface area (Å²) in [5, 5.41) is 8.85. The lowest BCUT2D eigenvalue weighted by molar-refractivity contribution is 0.0772. The van der Waals surface area contributed by atoms with Crippen molar-refractivity contribution in [1.29, 1.82) is 5.26 Å². The Bertz CT molecular complexity index is 793. The molecule has 130 valence electrons. The van der Waals surface area contributed by atoms with Crippen LogP contribution in [0.1, 0.15) is 28.2 Å². The number of nitriles is 1. The zero-order chi connectivity index (χ0) is 17.8. The summed E-state index contributed by atoms with van der Waals surface area (Å²) in [7, 11) is 3.99. The minimum absolute atomic E-state index is 0.0343. The summed E-state index contributed by atoms with van der Waals surface area (Å²) in [4.78, 5) is 23.4. The number of nitrogens with one attached hydrogen (secondary N) is 1. The molecule has 1 saturated heterocycles. The molecule has 1 fully saturated rings. The molecule has 25 heavy (non-hydrogen) atoms. The van der Waals surface area contributed by atoms with Gasteiger partial charge in [0.25, 0.3) is 5.91 Å². The number of carbonyl (C=O) groups excluding carboxylic acids is 1. The third kappa shape index (κ3) is 4.17. The van der Waals surface area contributed by atoms with Gasteiger partial charge in [0.05, 0.1) is 17.8 Å². The lowest BCUT2D eigenvalue weighted by Gasteiger charge is -2.17. The largest absolute Gasteiger partial charge is 0.488 e. The van der Waals surface area contributed by atoms with Crippen LogP contribution in [0.25, 0.3) is 0 Å². The van der Waals surface area contributed by atoms with Crippen LogP contribution in [-0.2, 0) is 6.54 Å². The first-order valence-electron chi connectivity index (χ1n) is 8.19. The van der Waals surface area contributed by atoms with E-state index in [9.17, 15) is 4.79 Å². The first kappa shape index (κ1) is 17.0. The highest BCUT2D eigenvalue weighted by Gasteiger charge is 2.28. The molecule has 3 rings (SSSR count). The lowest BCUT2D eigenvalue weighted by Crippen LogP contribution is -2.30. The number of likely N-dealkylation sites (tertiary alicyclic amines) is 1. The molecule has 2 aromatic rings. The Morgan fingerprint density at radius 1 is 1.52 bits per heavy atom. The quantitative estimate of drug-likeness (QED) is 0.895. The van der Waals surface area contributed by atoms with Crippen LogP contribution in [0.15, 0.2) is 30.6 Å². The van der Waals surface area contributed by atoms with Crippen molar-refractivity contribution in [3.05, 3.63) is 47.5 Å². The van der Waals surface area contributed by atoms with Gasteiger partial charge in [-0.2, -0.15) is 5.26 Å². The number of aromatic nitrogens is 2. The topological polar surface area (TPSA) is 85.2 Å². The minimum atomic E-state index is -0.0770. The number of hydrogen-bond acceptors (Lipinski definition) is 5. The van der Waals surface area contributed by atoms with Crippen molar-refractivity contribution in [2.24, 2.45) is 0 Å². The molecule has 0 aliphatic carbocycles. The van der Waals surface area contributed by atoms with Crippen molar-refractivity contribution in [3.8, 4) is 11.8 Å². The van der Waals surface area contributed by atoms with Crippen molar-refractivity contribution < 1.29 is 9.53 Å². The van der Waals surface area contributed by atoms with Gasteiger partial charge < -0.3 is 19.5 Å². The Morgan fingerprint density at radius 2 is 2.36 bits per heavy atom. The van der Waals surface area contributed by atoms with Gasteiger partial charge >= 0.3 is 0 Å². The fourth-order valence-electron chi connectivity index (χ4n) is 2.91. The van der Waals surface area contributed by atoms with Crippen LogP contribution in [0, 0.1) is 11.3 Å². The summed E-state index contributed by atoms with van der Waals surface area (Å²) < 4.78 is 6.03. The molecule has 0 aromatic carbocycles. The Labute approximate surface area is 146 Å². The van der Waals surface area contributed by atoms with E-state index in [1.165, 1.54) is 0 Å². The normalized spacial score (nSPS) is 16.9. The van der Waals surface area contributed by atoms with Crippen molar-refractivity contribution in [3.63, 3.8) is 0 Å². The summed E-state index contributed by atoms with van der Waals surface area (Å²) in [6.45, 7) is 1.94. The van der Waals surface area contributed by atoms with E-state index in [1.807, 2.05) is 32.3 Å². The highest BCUT2D eigenvalue weighted by Crippen LogP contribution is 2.20. The average molecular weight is 339 g/mol. The summed E-state index contributed by atoms with van der Waals surface area (Å²) in [6, 6.07) is 7.35. The van der Waals surface area contributed by atoms with Gasteiger partial charge in [-0.15, -0.1) is 0 Å². The van der Waals surface area contributed by atoms with Crippen molar-refractivity contribution >= 4 is 5.91 Å². The Balaban J connectivity index is 1.59. The molecule has 1 aliphatic heterocycles. The molecule has 0 radical (unpaired) electrons. The van der Waals surface area contributed by atoms with E-state index in [1.54, 1.807) is 23.4 Å². The molecule has 1 N–H and O–H groups in total. The number of rotatable bonds is 5. The SMILES string of the molecule is CN(C)Cc1cc(OC2CCN(C(=O)c3c[nH]c(C#N)c3)C2)ccn1. The van der Waals surface area contributed by atoms with Gasteiger partial charge in [0.15, 0.2) is 0 Å². The maximum Gasteiger partial charge on any atom is 0.255 e. The fraction of sp³-hybridized carbons (Fsp3) is 0.389. The van der Waals surface area contributed by atoms with E-state index in [0.717, 1.165) is 24.4 Å². The van der Waals surface area contributed by atoms with Crippen LogP contribution in [-0.4, -0.2) is 59.0 Å². The second-order valence-corrected chi connectivity index (χ2v) is 6.41. The number of H-pyrrole nitrogens is 1. The van der Waals surface area contributed by atoms with Gasteiger partial charge in [-0.1, -0.05) is 0 Å². The van der Waals surface area contributed by atoms with E-state index in [4.69, 9.17) is 10.00 Å². The number of carbonyl (C=O) groups is 1. The third-order valence-electron chi connectivity index (χ3n) is 4.05. The second-order valence-electron chi connectivity index (χ2n) is 6.41. The molecule has 7 nitrogen and oxygen atoms in total. The van der Waals surface area contributed by atoms with E-state index >= 15 is 0 Å². The zero-order valence-electron chi connectivity index (χ0n) is 14.4. The second kappa shape index (κ2) is 7.36. The number of amides is 1. The van der Waals surface area contributed by atoms with Crippen LogP contribution in [0.4, 0.5) is 0 Å². The van der Waals surface area contributed by atoms with Gasteiger partial charge in [-0.25, -0.2) is 0 Å². The fourth-order valence-corrected chi connectivity index (χ4v) is 2.91. The van der Waals surface area contributed by atoms with Gasteiger partial charge in [0.1, 0.15) is 23.6 Å². The molecule has 2 aromatic heterocycles. The van der Waals surface area contributed by atoms with E-state index < -0.39 is 0 Å². The first-order chi connectivity index (χ1) is 12.0. The summed E-state index contributed by atoms with van der Waals surface area (Å²) in [5.74, 6) is 0.700. The predicted molar refractivity (Wildman–Crippen MR) is 92.1 cm³/mol. The molecular formula is C18H21N5O2.